The molecule has 0 aliphatic carbocycles. The summed E-state index contributed by atoms with van der Waals surface area (Å²) in [4.78, 5) is 0. The maximum Gasteiger partial charge on any atom is 0.277 e. The van der Waals surface area contributed by atoms with Crippen molar-refractivity contribution in [3.05, 3.63) is 65.5 Å². The number of thioether (sulfide) groups is 1. The van der Waals surface area contributed by atoms with E-state index in [0.29, 0.717) is 16.7 Å². The highest BCUT2D eigenvalue weighted by Gasteiger charge is 2.09. The second-order valence-electron chi connectivity index (χ2n) is 4.65. The van der Waals surface area contributed by atoms with E-state index in [1.54, 1.807) is 12.1 Å². The standard InChI is InChI=1S/C16H13FN2OS/c1-11-2-4-12(5-3-11)10-21-16-19-18-15(20-16)13-6-8-14(17)9-7-13/h2-9H,10H2,1H3. The Labute approximate surface area is 126 Å². The number of benzene rings is 2. The Bertz CT molecular complexity index is 723. The van der Waals surface area contributed by atoms with Crippen LogP contribution in [-0.2, 0) is 5.75 Å². The second kappa shape index (κ2) is 6.10. The molecule has 0 saturated carbocycles. The van der Waals surface area contributed by atoms with Crippen LogP contribution in [0.3, 0.4) is 0 Å². The number of hydrogen-bond donors (Lipinski definition) is 0. The van der Waals surface area contributed by atoms with Crippen LogP contribution in [0, 0.1) is 12.7 Å². The maximum absolute atomic E-state index is 12.9. The number of aromatic nitrogens is 2. The van der Waals surface area contributed by atoms with E-state index >= 15 is 0 Å². The smallest absolute Gasteiger partial charge is 0.277 e. The van der Waals surface area contributed by atoms with Crippen LogP contribution < -0.4 is 0 Å². The molecule has 0 N–H and O–H groups in total. The van der Waals surface area contributed by atoms with Gasteiger partial charge in [-0.05, 0) is 36.8 Å². The Morgan fingerprint density at radius 3 is 2.43 bits per heavy atom. The molecule has 0 fully saturated rings. The van der Waals surface area contributed by atoms with E-state index in [2.05, 4.69) is 41.4 Å². The van der Waals surface area contributed by atoms with Gasteiger partial charge >= 0.3 is 0 Å². The summed E-state index contributed by atoms with van der Waals surface area (Å²) in [5, 5.41) is 8.49. The van der Waals surface area contributed by atoms with Crippen molar-refractivity contribution in [2.75, 3.05) is 0 Å². The fraction of sp³-hybridized carbons (Fsp3) is 0.125. The maximum atomic E-state index is 12.9. The predicted octanol–water partition coefficient (Wildman–Crippen LogP) is 4.48. The lowest BCUT2D eigenvalue weighted by Gasteiger charge is -1.98. The van der Waals surface area contributed by atoms with Crippen LogP contribution in [-0.4, -0.2) is 10.2 Å². The highest BCUT2D eigenvalue weighted by atomic mass is 32.2. The summed E-state index contributed by atoms with van der Waals surface area (Å²) in [5.41, 5.74) is 3.15. The zero-order valence-corrected chi connectivity index (χ0v) is 12.2. The van der Waals surface area contributed by atoms with E-state index in [1.807, 2.05) is 0 Å². The van der Waals surface area contributed by atoms with E-state index in [-0.39, 0.29) is 5.82 Å². The van der Waals surface area contributed by atoms with Crippen molar-refractivity contribution in [1.29, 1.82) is 0 Å². The summed E-state index contributed by atoms with van der Waals surface area (Å²) >= 11 is 1.48. The SMILES string of the molecule is Cc1ccc(CSc2nnc(-c3ccc(F)cc3)o2)cc1. The first-order chi connectivity index (χ1) is 10.2. The van der Waals surface area contributed by atoms with Crippen LogP contribution in [0.1, 0.15) is 11.1 Å². The summed E-state index contributed by atoms with van der Waals surface area (Å²) in [7, 11) is 0. The van der Waals surface area contributed by atoms with Gasteiger partial charge in [0.25, 0.3) is 5.22 Å². The van der Waals surface area contributed by atoms with Gasteiger partial charge in [0.15, 0.2) is 0 Å². The van der Waals surface area contributed by atoms with Gasteiger partial charge in [-0.25, -0.2) is 4.39 Å². The number of hydrogen-bond acceptors (Lipinski definition) is 4. The summed E-state index contributed by atoms with van der Waals surface area (Å²) in [5.74, 6) is 0.888. The number of rotatable bonds is 4. The predicted molar refractivity (Wildman–Crippen MR) is 80.4 cm³/mol. The molecule has 1 aromatic heterocycles. The molecule has 1 heterocycles. The van der Waals surface area contributed by atoms with E-state index in [4.69, 9.17) is 4.42 Å². The minimum Gasteiger partial charge on any atom is -0.411 e. The molecule has 0 aliphatic heterocycles. The van der Waals surface area contributed by atoms with Gasteiger partial charge in [-0.1, -0.05) is 41.6 Å². The Kier molecular flexibility index (Phi) is 4.01. The monoisotopic (exact) mass is 300 g/mol. The van der Waals surface area contributed by atoms with E-state index in [9.17, 15) is 4.39 Å². The largest absolute Gasteiger partial charge is 0.411 e. The van der Waals surface area contributed by atoms with Gasteiger partial charge in [-0.3, -0.25) is 0 Å². The molecule has 3 aromatic rings. The molecule has 0 amide bonds. The lowest BCUT2D eigenvalue weighted by atomic mass is 10.2. The second-order valence-corrected chi connectivity index (χ2v) is 5.58. The van der Waals surface area contributed by atoms with Crippen LogP contribution in [0.2, 0.25) is 0 Å². The van der Waals surface area contributed by atoms with Gasteiger partial charge in [0.2, 0.25) is 5.89 Å². The summed E-state index contributed by atoms with van der Waals surface area (Å²) in [6.45, 7) is 2.06. The van der Waals surface area contributed by atoms with Gasteiger partial charge in [0.05, 0.1) is 0 Å². The van der Waals surface area contributed by atoms with Crippen molar-refractivity contribution in [2.24, 2.45) is 0 Å². The van der Waals surface area contributed by atoms with E-state index in [1.165, 1.54) is 35.0 Å². The highest BCUT2D eigenvalue weighted by molar-refractivity contribution is 7.98. The lowest BCUT2D eigenvalue weighted by molar-refractivity contribution is 0.465. The minimum atomic E-state index is -0.285. The van der Waals surface area contributed by atoms with Gasteiger partial charge in [-0.2, -0.15) is 0 Å². The quantitative estimate of drug-likeness (QED) is 0.666. The lowest BCUT2D eigenvalue weighted by Crippen LogP contribution is -1.81. The molecule has 0 bridgehead atoms. The highest BCUT2D eigenvalue weighted by Crippen LogP contribution is 2.25. The van der Waals surface area contributed by atoms with Gasteiger partial charge in [-0.15, -0.1) is 10.2 Å². The molecule has 0 spiro atoms. The van der Waals surface area contributed by atoms with Gasteiger partial charge in [0.1, 0.15) is 5.82 Å². The van der Waals surface area contributed by atoms with Crippen LogP contribution in [0.15, 0.2) is 58.2 Å². The van der Waals surface area contributed by atoms with Crippen LogP contribution in [0.25, 0.3) is 11.5 Å². The Hall–Kier alpha value is -2.14. The molecule has 3 rings (SSSR count). The van der Waals surface area contributed by atoms with E-state index in [0.717, 1.165) is 5.75 Å². The number of halogens is 1. The Morgan fingerprint density at radius 1 is 1.00 bits per heavy atom. The molecule has 2 aromatic carbocycles. The van der Waals surface area contributed by atoms with Crippen molar-refractivity contribution in [1.82, 2.24) is 10.2 Å². The molecule has 106 valence electrons. The average Bonchev–Trinajstić information content (AvgIpc) is 2.96. The zero-order chi connectivity index (χ0) is 14.7. The Balaban J connectivity index is 1.67. The summed E-state index contributed by atoms with van der Waals surface area (Å²) in [6, 6.07) is 14.3. The molecular formula is C16H13FN2OS. The third kappa shape index (κ3) is 3.49. The summed E-state index contributed by atoms with van der Waals surface area (Å²) in [6.07, 6.45) is 0. The Morgan fingerprint density at radius 2 is 1.71 bits per heavy atom. The molecular weight excluding hydrogens is 287 g/mol. The zero-order valence-electron chi connectivity index (χ0n) is 11.4. The van der Waals surface area contributed by atoms with Crippen LogP contribution in [0.4, 0.5) is 4.39 Å². The van der Waals surface area contributed by atoms with E-state index < -0.39 is 0 Å². The van der Waals surface area contributed by atoms with Crippen molar-refractivity contribution >= 4 is 11.8 Å². The molecule has 0 saturated heterocycles. The first kappa shape index (κ1) is 13.8. The number of aryl methyl sites for hydroxylation is 1. The van der Waals surface area contributed by atoms with Crippen molar-refractivity contribution in [3.63, 3.8) is 0 Å². The minimum absolute atomic E-state index is 0.285. The first-order valence-corrected chi connectivity index (χ1v) is 7.47. The molecule has 0 aliphatic rings. The third-order valence-corrected chi connectivity index (χ3v) is 3.87. The molecule has 3 nitrogen and oxygen atoms in total. The number of nitrogens with zero attached hydrogens (tertiary/aromatic N) is 2. The third-order valence-electron chi connectivity index (χ3n) is 2.98. The topological polar surface area (TPSA) is 38.9 Å². The van der Waals surface area contributed by atoms with Crippen LogP contribution >= 0.6 is 11.8 Å². The molecule has 5 heteroatoms. The fourth-order valence-corrected chi connectivity index (χ4v) is 2.53. The van der Waals surface area contributed by atoms with Crippen molar-refractivity contribution in [3.8, 4) is 11.5 Å². The molecule has 0 radical (unpaired) electrons. The van der Waals surface area contributed by atoms with Crippen molar-refractivity contribution < 1.29 is 8.81 Å². The summed E-state index contributed by atoms with van der Waals surface area (Å²) < 4.78 is 18.4. The normalized spacial score (nSPS) is 10.8. The molecule has 0 atom stereocenters. The van der Waals surface area contributed by atoms with Crippen molar-refractivity contribution in [2.45, 2.75) is 17.9 Å². The average molecular weight is 300 g/mol. The van der Waals surface area contributed by atoms with Crippen LogP contribution in [0.5, 0.6) is 0 Å². The van der Waals surface area contributed by atoms with Gasteiger partial charge < -0.3 is 4.42 Å². The molecule has 0 unspecified atom stereocenters. The van der Waals surface area contributed by atoms with Gasteiger partial charge in [0, 0.05) is 11.3 Å². The first-order valence-electron chi connectivity index (χ1n) is 6.48. The fourth-order valence-electron chi connectivity index (χ4n) is 1.81. The molecule has 21 heavy (non-hydrogen) atoms.